The smallest absolute Gasteiger partial charge is 0.147 e. The minimum atomic E-state index is -0.161. The molecule has 0 saturated carbocycles. The lowest BCUT2D eigenvalue weighted by Crippen LogP contribution is -2.43. The molecule has 4 heterocycles. The van der Waals surface area contributed by atoms with E-state index in [2.05, 4.69) is 49.4 Å². The zero-order valence-corrected chi connectivity index (χ0v) is 20.3. The number of piperazine rings is 1. The number of benzene rings is 1. The summed E-state index contributed by atoms with van der Waals surface area (Å²) >= 11 is 1.61. The van der Waals surface area contributed by atoms with Crippen LogP contribution >= 0.6 is 11.3 Å². The lowest BCUT2D eigenvalue weighted by molar-refractivity contribution is 0.107. The van der Waals surface area contributed by atoms with Crippen molar-refractivity contribution in [2.75, 3.05) is 37.7 Å². The number of nitrogens with one attached hydrogen (secondary N) is 1. The molecule has 1 fully saturated rings. The van der Waals surface area contributed by atoms with Crippen LogP contribution in [0.4, 0.5) is 10.1 Å². The molecule has 1 N–H and O–H groups in total. The van der Waals surface area contributed by atoms with Gasteiger partial charge >= 0.3 is 0 Å². The molecule has 0 amide bonds. The summed E-state index contributed by atoms with van der Waals surface area (Å²) < 4.78 is 20.8. The number of nitrogens with zero attached hydrogens (tertiary/aromatic N) is 3. The highest BCUT2D eigenvalue weighted by Crippen LogP contribution is 2.43. The van der Waals surface area contributed by atoms with Gasteiger partial charge in [-0.2, -0.15) is 5.10 Å². The van der Waals surface area contributed by atoms with Crippen molar-refractivity contribution >= 4 is 17.0 Å². The molecule has 1 aromatic carbocycles. The van der Waals surface area contributed by atoms with E-state index >= 15 is 4.39 Å². The van der Waals surface area contributed by atoms with Crippen molar-refractivity contribution in [3.63, 3.8) is 0 Å². The molecule has 5 nitrogen and oxygen atoms in total. The summed E-state index contributed by atoms with van der Waals surface area (Å²) in [6.07, 6.45) is 4.32. The van der Waals surface area contributed by atoms with Crippen molar-refractivity contribution in [1.82, 2.24) is 15.1 Å². The van der Waals surface area contributed by atoms with Crippen LogP contribution in [0.25, 0.3) is 22.5 Å². The summed E-state index contributed by atoms with van der Waals surface area (Å²) in [4.78, 5) is 5.59. The summed E-state index contributed by atoms with van der Waals surface area (Å²) in [7, 11) is 0. The van der Waals surface area contributed by atoms with Gasteiger partial charge in [0.1, 0.15) is 12.4 Å². The Morgan fingerprint density at radius 2 is 2.09 bits per heavy atom. The minimum Gasteiger partial charge on any atom is -0.372 e. The summed E-state index contributed by atoms with van der Waals surface area (Å²) in [6, 6.07) is 5.81. The fourth-order valence-corrected chi connectivity index (χ4v) is 5.83. The predicted octanol–water partition coefficient (Wildman–Crippen LogP) is 5.03. The highest BCUT2D eigenvalue weighted by atomic mass is 32.1. The standard InChI is InChI=1S/C27H27FN4OS/c1-17(2)33-10-4-6-21-11-19(16-34-21)26-23-12-18-13-25(24(28)14-22(18)27(23)30-29-26)32-9-8-31-7-3-5-20(31)15-32/h5,11,13-14,16-17H,3,7-10,12,15H2,1-2H3,(H,29,30). The Kier molecular flexibility index (Phi) is 5.43. The molecule has 3 aliphatic rings. The van der Waals surface area contributed by atoms with Crippen molar-refractivity contribution < 1.29 is 9.13 Å². The molecule has 6 rings (SSSR count). The first-order valence-electron chi connectivity index (χ1n) is 11.8. The van der Waals surface area contributed by atoms with Crippen LogP contribution in [0, 0.1) is 17.7 Å². The maximum absolute atomic E-state index is 15.3. The van der Waals surface area contributed by atoms with Crippen LogP contribution in [-0.4, -0.2) is 54.0 Å². The van der Waals surface area contributed by atoms with Gasteiger partial charge in [0, 0.05) is 53.8 Å². The Morgan fingerprint density at radius 1 is 1.21 bits per heavy atom. The first-order valence-corrected chi connectivity index (χ1v) is 12.7. The number of halogens is 1. The number of thiophene rings is 1. The SMILES string of the molecule is CC(C)OCC#Cc1cc(-c2n[nH]c3c2Cc2cc(N4CCN5CCC=C5C4)c(F)cc2-3)cs1. The van der Waals surface area contributed by atoms with E-state index in [1.165, 1.54) is 5.70 Å². The molecule has 0 radical (unpaired) electrons. The van der Waals surface area contributed by atoms with Gasteiger partial charge in [0.2, 0.25) is 0 Å². The molecule has 174 valence electrons. The van der Waals surface area contributed by atoms with Crippen LogP contribution in [0.3, 0.4) is 0 Å². The third-order valence-corrected chi connectivity index (χ3v) is 7.61. The van der Waals surface area contributed by atoms with E-state index in [0.717, 1.165) is 77.5 Å². The zero-order valence-electron chi connectivity index (χ0n) is 19.4. The van der Waals surface area contributed by atoms with Gasteiger partial charge in [-0.15, -0.1) is 11.3 Å². The molecule has 34 heavy (non-hydrogen) atoms. The normalized spacial score (nSPS) is 16.3. The second kappa shape index (κ2) is 8.61. The molecule has 0 unspecified atom stereocenters. The second-order valence-corrected chi connectivity index (χ2v) is 10.2. The van der Waals surface area contributed by atoms with Gasteiger partial charge in [-0.05, 0) is 44.0 Å². The van der Waals surface area contributed by atoms with Gasteiger partial charge < -0.3 is 14.5 Å². The molecule has 2 aliphatic heterocycles. The van der Waals surface area contributed by atoms with Crippen molar-refractivity contribution in [2.45, 2.75) is 32.8 Å². The molecule has 0 spiro atoms. The van der Waals surface area contributed by atoms with Gasteiger partial charge in [0.15, 0.2) is 0 Å². The number of aromatic amines is 1. The third-order valence-electron chi connectivity index (χ3n) is 6.77. The van der Waals surface area contributed by atoms with Gasteiger partial charge in [-0.25, -0.2) is 4.39 Å². The number of anilines is 1. The average Bonchev–Trinajstić information content (AvgIpc) is 3.59. The molecular weight excluding hydrogens is 447 g/mol. The summed E-state index contributed by atoms with van der Waals surface area (Å²) in [5.74, 6) is 6.09. The molecule has 7 heteroatoms. The Labute approximate surface area is 203 Å². The highest BCUT2D eigenvalue weighted by molar-refractivity contribution is 7.11. The van der Waals surface area contributed by atoms with E-state index in [1.54, 1.807) is 17.4 Å². The molecular formula is C27H27FN4OS. The van der Waals surface area contributed by atoms with E-state index in [9.17, 15) is 0 Å². The lowest BCUT2D eigenvalue weighted by Gasteiger charge is -2.37. The van der Waals surface area contributed by atoms with Gasteiger partial charge in [-0.3, -0.25) is 5.10 Å². The first-order chi connectivity index (χ1) is 16.6. The number of hydrogen-bond acceptors (Lipinski definition) is 5. The predicted molar refractivity (Wildman–Crippen MR) is 135 cm³/mol. The number of fused-ring (bicyclic) bond motifs is 4. The van der Waals surface area contributed by atoms with Crippen molar-refractivity contribution in [3.8, 4) is 34.4 Å². The zero-order chi connectivity index (χ0) is 23.2. The number of rotatable bonds is 4. The Morgan fingerprint density at radius 3 is 2.97 bits per heavy atom. The van der Waals surface area contributed by atoms with E-state index < -0.39 is 0 Å². The van der Waals surface area contributed by atoms with E-state index in [-0.39, 0.29) is 11.9 Å². The van der Waals surface area contributed by atoms with Crippen molar-refractivity contribution in [1.29, 1.82) is 0 Å². The topological polar surface area (TPSA) is 44.4 Å². The van der Waals surface area contributed by atoms with Gasteiger partial charge in [0.25, 0.3) is 0 Å². The van der Waals surface area contributed by atoms with Crippen LogP contribution in [0.1, 0.15) is 36.3 Å². The molecule has 2 aromatic heterocycles. The van der Waals surface area contributed by atoms with Crippen LogP contribution in [0.2, 0.25) is 0 Å². The number of ether oxygens (including phenoxy) is 1. The van der Waals surface area contributed by atoms with E-state index in [0.29, 0.717) is 12.3 Å². The largest absolute Gasteiger partial charge is 0.372 e. The Bertz CT molecular complexity index is 1340. The summed E-state index contributed by atoms with van der Waals surface area (Å²) in [5.41, 5.74) is 8.17. The molecule has 3 aromatic rings. The molecule has 0 bridgehead atoms. The van der Waals surface area contributed by atoms with E-state index in [4.69, 9.17) is 4.74 Å². The molecule has 0 atom stereocenters. The Balaban J connectivity index is 1.24. The van der Waals surface area contributed by atoms with Gasteiger partial charge in [-0.1, -0.05) is 17.9 Å². The van der Waals surface area contributed by atoms with Crippen molar-refractivity contribution in [3.05, 3.63) is 57.2 Å². The van der Waals surface area contributed by atoms with Crippen LogP contribution in [0.15, 0.2) is 35.4 Å². The highest BCUT2D eigenvalue weighted by Gasteiger charge is 2.30. The monoisotopic (exact) mass is 474 g/mol. The lowest BCUT2D eigenvalue weighted by atomic mass is 10.1. The number of aromatic nitrogens is 2. The Hall–Kier alpha value is -3.08. The second-order valence-electron chi connectivity index (χ2n) is 9.32. The fourth-order valence-electron chi connectivity index (χ4n) is 5.07. The summed E-state index contributed by atoms with van der Waals surface area (Å²) in [5, 5.41) is 9.85. The average molecular weight is 475 g/mol. The fraction of sp³-hybridized carbons (Fsp3) is 0.370. The minimum absolute atomic E-state index is 0.161. The van der Waals surface area contributed by atoms with E-state index in [1.807, 2.05) is 19.9 Å². The number of hydrogen-bond donors (Lipinski definition) is 1. The maximum atomic E-state index is 15.3. The quantitative estimate of drug-likeness (QED) is 0.421. The first kappa shape index (κ1) is 21.5. The third kappa shape index (κ3) is 3.81. The summed E-state index contributed by atoms with van der Waals surface area (Å²) in [6.45, 7) is 8.13. The van der Waals surface area contributed by atoms with Crippen LogP contribution in [-0.2, 0) is 11.2 Å². The van der Waals surface area contributed by atoms with Gasteiger partial charge in [0.05, 0.1) is 34.6 Å². The van der Waals surface area contributed by atoms with Crippen LogP contribution in [0.5, 0.6) is 0 Å². The molecule has 1 aliphatic carbocycles. The van der Waals surface area contributed by atoms with Crippen LogP contribution < -0.4 is 4.90 Å². The maximum Gasteiger partial charge on any atom is 0.147 e. The van der Waals surface area contributed by atoms with Crippen molar-refractivity contribution in [2.24, 2.45) is 0 Å². The number of H-pyrrole nitrogens is 1. The molecule has 1 saturated heterocycles.